The van der Waals surface area contributed by atoms with E-state index in [9.17, 15) is 5.11 Å². The van der Waals surface area contributed by atoms with Gasteiger partial charge in [-0.05, 0) is 0 Å². The molecule has 2 heteroatoms. The van der Waals surface area contributed by atoms with Gasteiger partial charge in [0.2, 0.25) is 0 Å². The zero-order valence-electron chi connectivity index (χ0n) is 7.52. The Bertz CT molecular complexity index is 53.2. The molecule has 0 saturated carbocycles. The molecule has 0 aromatic heterocycles. The molecule has 0 saturated heterocycles. The zero-order valence-corrected chi connectivity index (χ0v) is 9.52. The van der Waals surface area contributed by atoms with Gasteiger partial charge in [0.05, 0.1) is 0 Å². The summed E-state index contributed by atoms with van der Waals surface area (Å²) < 4.78 is 0. The summed E-state index contributed by atoms with van der Waals surface area (Å²) in [4.78, 5) is 0. The van der Waals surface area contributed by atoms with Crippen molar-refractivity contribution in [3.8, 4) is 0 Å². The molecule has 56 valence electrons. The van der Waals surface area contributed by atoms with Gasteiger partial charge in [0.25, 0.3) is 0 Å². The van der Waals surface area contributed by atoms with E-state index in [0.29, 0.717) is 5.92 Å². The van der Waals surface area contributed by atoms with E-state index in [1.165, 1.54) is 12.8 Å². The van der Waals surface area contributed by atoms with Crippen molar-refractivity contribution < 1.29 is 34.7 Å². The van der Waals surface area contributed by atoms with Gasteiger partial charge in [0.15, 0.2) is 0 Å². The first-order chi connectivity index (χ1) is 4.35. The fourth-order valence-corrected chi connectivity index (χ4v) is 0.898. The van der Waals surface area contributed by atoms with E-state index in [-0.39, 0.29) is 36.2 Å². The van der Waals surface area contributed by atoms with Gasteiger partial charge < -0.3 is 5.11 Å². The van der Waals surface area contributed by atoms with Crippen molar-refractivity contribution in [1.29, 1.82) is 0 Å². The normalized spacial score (nSPS) is 12.3. The second-order valence-corrected chi connectivity index (χ2v) is 2.58. The summed E-state index contributed by atoms with van der Waals surface area (Å²) in [6.45, 7) is 4.38. The van der Waals surface area contributed by atoms with Gasteiger partial charge in [-0.1, -0.05) is 45.4 Å². The van der Waals surface area contributed by atoms with Gasteiger partial charge >= 0.3 is 29.6 Å². The van der Waals surface area contributed by atoms with E-state index < -0.39 is 0 Å². The molecule has 0 N–H and O–H groups in total. The predicted molar refractivity (Wildman–Crippen MR) is 38.2 cm³/mol. The van der Waals surface area contributed by atoms with Crippen molar-refractivity contribution >= 4 is 0 Å². The Kier molecular flexibility index (Phi) is 13.5. The molecule has 1 nitrogen and oxygen atoms in total. The van der Waals surface area contributed by atoms with Gasteiger partial charge in [-0.25, -0.2) is 0 Å². The van der Waals surface area contributed by atoms with Crippen molar-refractivity contribution in [3.05, 3.63) is 0 Å². The average Bonchev–Trinajstić information content (AvgIpc) is 1.91. The molecule has 1 atom stereocenters. The van der Waals surface area contributed by atoms with Crippen LogP contribution < -0.4 is 34.7 Å². The van der Waals surface area contributed by atoms with Gasteiger partial charge in [-0.3, -0.25) is 0 Å². The van der Waals surface area contributed by atoms with Crippen LogP contribution in [0, 0.1) is 5.92 Å². The third-order valence-electron chi connectivity index (χ3n) is 1.78. The van der Waals surface area contributed by atoms with Crippen molar-refractivity contribution in [2.45, 2.75) is 39.5 Å². The summed E-state index contributed by atoms with van der Waals surface area (Å²) in [5.74, 6) is 0.449. The standard InChI is InChI=1S/C8H17O.Na/c1-3-5-6-8(4-2)7-9;/h8H,3-7H2,1-2H3;/q-1;+1. The maximum Gasteiger partial charge on any atom is 1.00 e. The first-order valence-electron chi connectivity index (χ1n) is 3.93. The van der Waals surface area contributed by atoms with Crippen LogP contribution in [-0.2, 0) is 0 Å². The van der Waals surface area contributed by atoms with Crippen molar-refractivity contribution in [2.75, 3.05) is 6.61 Å². The van der Waals surface area contributed by atoms with E-state index in [4.69, 9.17) is 0 Å². The maximum atomic E-state index is 10.4. The Hall–Kier alpha value is 0.960. The molecule has 0 radical (unpaired) electrons. The molecular formula is C8H17NaO. The summed E-state index contributed by atoms with van der Waals surface area (Å²) in [5.41, 5.74) is 0. The number of hydrogen-bond acceptors (Lipinski definition) is 1. The summed E-state index contributed by atoms with van der Waals surface area (Å²) in [6, 6.07) is 0. The molecule has 0 spiro atoms. The molecule has 0 bridgehead atoms. The molecule has 10 heavy (non-hydrogen) atoms. The second-order valence-electron chi connectivity index (χ2n) is 2.58. The predicted octanol–water partition coefficient (Wildman–Crippen LogP) is -1.43. The molecule has 0 rings (SSSR count). The smallest absolute Gasteiger partial charge is 0.854 e. The van der Waals surface area contributed by atoms with Crippen molar-refractivity contribution in [3.63, 3.8) is 0 Å². The fraction of sp³-hybridized carbons (Fsp3) is 1.00. The average molecular weight is 152 g/mol. The molecule has 0 amide bonds. The van der Waals surface area contributed by atoms with E-state index in [2.05, 4.69) is 13.8 Å². The van der Waals surface area contributed by atoms with Gasteiger partial charge in [-0.2, -0.15) is 0 Å². The SMILES string of the molecule is CCCCC(CC)C[O-].[Na+]. The Labute approximate surface area is 86.5 Å². The van der Waals surface area contributed by atoms with E-state index in [1.807, 2.05) is 0 Å². The third kappa shape index (κ3) is 7.07. The van der Waals surface area contributed by atoms with E-state index in [0.717, 1.165) is 12.8 Å². The van der Waals surface area contributed by atoms with Crippen LogP contribution >= 0.6 is 0 Å². The minimum Gasteiger partial charge on any atom is -0.854 e. The number of hydrogen-bond donors (Lipinski definition) is 0. The Balaban J connectivity index is 0. The van der Waals surface area contributed by atoms with Crippen LogP contribution in [0.3, 0.4) is 0 Å². The van der Waals surface area contributed by atoms with Crippen LogP contribution in [0.2, 0.25) is 0 Å². The quantitative estimate of drug-likeness (QED) is 0.443. The Morgan fingerprint density at radius 3 is 2.20 bits per heavy atom. The zero-order chi connectivity index (χ0) is 7.11. The van der Waals surface area contributed by atoms with Crippen molar-refractivity contribution in [2.24, 2.45) is 5.92 Å². The Morgan fingerprint density at radius 2 is 1.90 bits per heavy atom. The molecule has 0 aromatic rings. The van der Waals surface area contributed by atoms with Gasteiger partial charge in [-0.15, -0.1) is 6.61 Å². The monoisotopic (exact) mass is 152 g/mol. The number of unbranched alkanes of at least 4 members (excludes halogenated alkanes) is 1. The summed E-state index contributed by atoms with van der Waals surface area (Å²) in [7, 11) is 0. The molecule has 0 heterocycles. The molecule has 1 unspecified atom stereocenters. The van der Waals surface area contributed by atoms with E-state index in [1.54, 1.807) is 0 Å². The fourth-order valence-electron chi connectivity index (χ4n) is 0.898. The first kappa shape index (κ1) is 13.5. The summed E-state index contributed by atoms with van der Waals surface area (Å²) >= 11 is 0. The second kappa shape index (κ2) is 9.96. The van der Waals surface area contributed by atoms with Crippen LogP contribution in [0.5, 0.6) is 0 Å². The van der Waals surface area contributed by atoms with Gasteiger partial charge in [0.1, 0.15) is 0 Å². The van der Waals surface area contributed by atoms with Crippen LogP contribution in [0.15, 0.2) is 0 Å². The largest absolute Gasteiger partial charge is 1.00 e. The van der Waals surface area contributed by atoms with Gasteiger partial charge in [0, 0.05) is 0 Å². The summed E-state index contributed by atoms with van der Waals surface area (Å²) in [5, 5.41) is 10.4. The molecular weight excluding hydrogens is 135 g/mol. The van der Waals surface area contributed by atoms with Crippen LogP contribution in [0.25, 0.3) is 0 Å². The third-order valence-corrected chi connectivity index (χ3v) is 1.78. The molecule has 0 aromatic carbocycles. The minimum absolute atomic E-state index is 0. The first-order valence-corrected chi connectivity index (χ1v) is 3.93. The Morgan fingerprint density at radius 1 is 1.30 bits per heavy atom. The van der Waals surface area contributed by atoms with E-state index >= 15 is 0 Å². The molecule has 0 aliphatic heterocycles. The summed E-state index contributed by atoms with van der Waals surface area (Å²) in [6.07, 6.45) is 4.64. The topological polar surface area (TPSA) is 23.1 Å². The van der Waals surface area contributed by atoms with Crippen LogP contribution in [0.4, 0.5) is 0 Å². The molecule has 0 aliphatic rings. The number of rotatable bonds is 5. The van der Waals surface area contributed by atoms with Crippen LogP contribution in [-0.4, -0.2) is 6.61 Å². The van der Waals surface area contributed by atoms with Crippen LogP contribution in [0.1, 0.15) is 39.5 Å². The molecule has 0 aliphatic carbocycles. The maximum absolute atomic E-state index is 10.4. The van der Waals surface area contributed by atoms with Crippen molar-refractivity contribution in [1.82, 2.24) is 0 Å². The molecule has 0 fully saturated rings. The minimum atomic E-state index is 0.